The van der Waals surface area contributed by atoms with Crippen molar-refractivity contribution in [2.24, 2.45) is 0 Å². The van der Waals surface area contributed by atoms with Crippen LogP contribution in [0.25, 0.3) is 0 Å². The van der Waals surface area contributed by atoms with Crippen molar-refractivity contribution in [2.45, 2.75) is 37.5 Å². The fraction of sp³-hybridized carbons (Fsp3) is 1.00. The third kappa shape index (κ3) is 3.63. The average Bonchev–Trinajstić information content (AvgIpc) is 1.86. The normalized spacial score (nSPS) is 15.5. The van der Waals surface area contributed by atoms with Crippen molar-refractivity contribution in [3.63, 3.8) is 0 Å². The van der Waals surface area contributed by atoms with Gasteiger partial charge in [0.25, 0.3) is 0 Å². The van der Waals surface area contributed by atoms with E-state index in [1.807, 2.05) is 0 Å². The van der Waals surface area contributed by atoms with E-state index >= 15 is 0 Å². The summed E-state index contributed by atoms with van der Waals surface area (Å²) in [6.07, 6.45) is 1.30. The molecule has 0 heterocycles. The molecule has 0 aromatic rings. The lowest BCUT2D eigenvalue weighted by Gasteiger charge is -2.33. The Morgan fingerprint density at radius 3 is 2.09 bits per heavy atom. The van der Waals surface area contributed by atoms with Gasteiger partial charge in [-0.25, -0.2) is 0 Å². The Hall–Kier alpha value is 0.527. The molecule has 0 spiro atoms. The Morgan fingerprint density at radius 1 is 1.36 bits per heavy atom. The van der Waals surface area contributed by atoms with Crippen LogP contribution in [-0.2, 0) is 0 Å². The molecule has 0 fully saturated rings. The topological polar surface area (TPSA) is 3.24 Å². The SMILES string of the molecule is CCC[Si](C)(C)C(S)N(C)C. The molecule has 1 atom stereocenters. The summed E-state index contributed by atoms with van der Waals surface area (Å²) >= 11 is 4.63. The molecule has 0 saturated heterocycles. The van der Waals surface area contributed by atoms with Crippen LogP contribution in [0.2, 0.25) is 19.1 Å². The second-order valence-electron chi connectivity index (χ2n) is 4.08. The Kier molecular flexibility index (Phi) is 4.74. The van der Waals surface area contributed by atoms with E-state index in [9.17, 15) is 0 Å². The minimum absolute atomic E-state index is 0.502. The summed E-state index contributed by atoms with van der Waals surface area (Å²) < 4.78 is 0. The highest BCUT2D eigenvalue weighted by atomic mass is 32.1. The Balaban J connectivity index is 4.05. The first-order valence-corrected chi connectivity index (χ1v) is 8.06. The first-order valence-electron chi connectivity index (χ1n) is 4.26. The Morgan fingerprint density at radius 2 is 1.82 bits per heavy atom. The highest BCUT2D eigenvalue weighted by Gasteiger charge is 2.29. The predicted octanol–water partition coefficient (Wildman–Crippen LogP) is 2.46. The molecular formula is C8H21NSSi. The maximum atomic E-state index is 4.63. The van der Waals surface area contributed by atoms with Crippen LogP contribution in [0.3, 0.4) is 0 Å². The largest absolute Gasteiger partial charge is 0.301 e. The van der Waals surface area contributed by atoms with Gasteiger partial charge >= 0.3 is 0 Å². The highest BCUT2D eigenvalue weighted by Crippen LogP contribution is 2.21. The van der Waals surface area contributed by atoms with Crippen LogP contribution in [0.15, 0.2) is 0 Å². The lowest BCUT2D eigenvalue weighted by atomic mass is 10.6. The van der Waals surface area contributed by atoms with E-state index < -0.39 is 8.07 Å². The van der Waals surface area contributed by atoms with E-state index in [2.05, 4.69) is 51.6 Å². The minimum atomic E-state index is -1.08. The first-order chi connectivity index (χ1) is 4.91. The Labute approximate surface area is 77.6 Å². The molecule has 3 heteroatoms. The van der Waals surface area contributed by atoms with Crippen LogP contribution in [0.1, 0.15) is 13.3 Å². The molecule has 0 aromatic carbocycles. The molecule has 0 amide bonds. The first kappa shape index (κ1) is 11.5. The summed E-state index contributed by atoms with van der Waals surface area (Å²) in [6, 6.07) is 1.37. The van der Waals surface area contributed by atoms with Crippen molar-refractivity contribution in [1.82, 2.24) is 4.90 Å². The maximum Gasteiger partial charge on any atom is 0.0792 e. The molecule has 1 unspecified atom stereocenters. The van der Waals surface area contributed by atoms with E-state index in [0.29, 0.717) is 5.00 Å². The third-order valence-corrected chi connectivity index (χ3v) is 8.34. The smallest absolute Gasteiger partial charge is 0.0792 e. The van der Waals surface area contributed by atoms with Gasteiger partial charge in [-0.05, 0) is 14.1 Å². The van der Waals surface area contributed by atoms with Crippen LogP contribution in [0.4, 0.5) is 0 Å². The zero-order chi connectivity index (χ0) is 9.07. The molecule has 0 aromatic heterocycles. The number of hydrogen-bond acceptors (Lipinski definition) is 2. The predicted molar refractivity (Wildman–Crippen MR) is 59.0 cm³/mol. The number of rotatable bonds is 4. The fourth-order valence-electron chi connectivity index (χ4n) is 1.47. The van der Waals surface area contributed by atoms with E-state index in [1.54, 1.807) is 0 Å². The van der Waals surface area contributed by atoms with Gasteiger partial charge in [0.05, 0.1) is 8.07 Å². The van der Waals surface area contributed by atoms with Gasteiger partial charge in [-0.15, -0.1) is 0 Å². The zero-order valence-electron chi connectivity index (χ0n) is 8.39. The molecule has 0 aliphatic heterocycles. The molecule has 0 N–H and O–H groups in total. The molecule has 11 heavy (non-hydrogen) atoms. The van der Waals surface area contributed by atoms with Gasteiger partial charge in [0.2, 0.25) is 0 Å². The van der Waals surface area contributed by atoms with Crippen LogP contribution in [-0.4, -0.2) is 32.1 Å². The number of thiol groups is 1. The number of nitrogens with zero attached hydrogens (tertiary/aromatic N) is 1. The van der Waals surface area contributed by atoms with Crippen LogP contribution >= 0.6 is 12.6 Å². The molecule has 0 aliphatic carbocycles. The molecule has 0 bridgehead atoms. The fourth-order valence-corrected chi connectivity index (χ4v) is 4.80. The molecule has 0 rings (SSSR count). The van der Waals surface area contributed by atoms with Gasteiger partial charge in [-0.3, -0.25) is 0 Å². The average molecular weight is 191 g/mol. The van der Waals surface area contributed by atoms with Gasteiger partial charge in [0.1, 0.15) is 0 Å². The van der Waals surface area contributed by atoms with Gasteiger partial charge < -0.3 is 4.90 Å². The van der Waals surface area contributed by atoms with Crippen molar-refractivity contribution < 1.29 is 0 Å². The molecule has 0 aliphatic rings. The summed E-state index contributed by atoms with van der Waals surface area (Å²) in [5.41, 5.74) is 0. The van der Waals surface area contributed by atoms with E-state index in [0.717, 1.165) is 0 Å². The van der Waals surface area contributed by atoms with Crippen molar-refractivity contribution in [3.05, 3.63) is 0 Å². The van der Waals surface area contributed by atoms with Crippen molar-refractivity contribution in [2.75, 3.05) is 14.1 Å². The molecule has 0 radical (unpaired) electrons. The van der Waals surface area contributed by atoms with Gasteiger partial charge in [0.15, 0.2) is 0 Å². The van der Waals surface area contributed by atoms with Crippen LogP contribution < -0.4 is 0 Å². The molecule has 1 nitrogen and oxygen atoms in total. The van der Waals surface area contributed by atoms with E-state index in [4.69, 9.17) is 0 Å². The summed E-state index contributed by atoms with van der Waals surface area (Å²) in [4.78, 5) is 2.73. The van der Waals surface area contributed by atoms with Crippen molar-refractivity contribution in [1.29, 1.82) is 0 Å². The quantitative estimate of drug-likeness (QED) is 0.406. The van der Waals surface area contributed by atoms with Crippen molar-refractivity contribution in [3.8, 4) is 0 Å². The zero-order valence-corrected chi connectivity index (χ0v) is 10.3. The van der Waals surface area contributed by atoms with E-state index in [-0.39, 0.29) is 0 Å². The third-order valence-electron chi connectivity index (χ3n) is 2.08. The number of hydrogen-bond donors (Lipinski definition) is 1. The van der Waals surface area contributed by atoms with Crippen molar-refractivity contribution >= 4 is 20.7 Å². The maximum absolute atomic E-state index is 4.63. The van der Waals surface area contributed by atoms with E-state index in [1.165, 1.54) is 12.5 Å². The summed E-state index contributed by atoms with van der Waals surface area (Å²) in [5, 5.41) is 0. The lowest BCUT2D eigenvalue weighted by Crippen LogP contribution is -2.46. The second-order valence-corrected chi connectivity index (χ2v) is 10.1. The molecule has 0 saturated carbocycles. The monoisotopic (exact) mass is 191 g/mol. The van der Waals surface area contributed by atoms with Gasteiger partial charge in [0, 0.05) is 5.00 Å². The minimum Gasteiger partial charge on any atom is -0.301 e. The van der Waals surface area contributed by atoms with Gasteiger partial charge in [-0.1, -0.05) is 32.5 Å². The molecular weight excluding hydrogens is 170 g/mol. The highest BCUT2D eigenvalue weighted by molar-refractivity contribution is 7.83. The Bertz CT molecular complexity index is 115. The second kappa shape index (κ2) is 4.53. The van der Waals surface area contributed by atoms with Crippen LogP contribution in [0, 0.1) is 0 Å². The lowest BCUT2D eigenvalue weighted by molar-refractivity contribution is 0.444. The van der Waals surface area contributed by atoms with Crippen LogP contribution in [0.5, 0.6) is 0 Å². The summed E-state index contributed by atoms with van der Waals surface area (Å²) in [7, 11) is 3.15. The summed E-state index contributed by atoms with van der Waals surface area (Å²) in [6.45, 7) is 7.08. The molecule has 68 valence electrons. The standard InChI is InChI=1S/C8H21NSSi/c1-6-7-11(4,5)8(10)9(2)3/h8,10H,6-7H2,1-5H3. The van der Waals surface area contributed by atoms with Gasteiger partial charge in [-0.2, -0.15) is 12.6 Å². The summed E-state index contributed by atoms with van der Waals surface area (Å²) in [5.74, 6) is 0.